The van der Waals surface area contributed by atoms with E-state index in [4.69, 9.17) is 4.74 Å². The number of hydrogen-bond donors (Lipinski definition) is 1. The molecular formula is C14H27NO3. The lowest BCUT2D eigenvalue weighted by molar-refractivity contribution is -0.125. The van der Waals surface area contributed by atoms with E-state index in [0.717, 1.165) is 6.42 Å². The summed E-state index contributed by atoms with van der Waals surface area (Å²) in [6, 6.07) is -0.449. The molecule has 0 aliphatic carbocycles. The molecule has 1 unspecified atom stereocenters. The minimum Gasteiger partial charge on any atom is -0.449 e. The molecule has 18 heavy (non-hydrogen) atoms. The standard InChI is InChI=1S/C14H27NO3/c1-7-11(6)12(13(16)10(4)5)15-14(17)18-8-9(2)3/h9-12H,7-8H2,1-6H3,(H,15,17)/t11-,12?/m1/s1. The van der Waals surface area contributed by atoms with Crippen LogP contribution in [0.1, 0.15) is 48.0 Å². The zero-order valence-electron chi connectivity index (χ0n) is 12.4. The molecule has 0 aliphatic heterocycles. The van der Waals surface area contributed by atoms with Gasteiger partial charge in [0.25, 0.3) is 0 Å². The minimum atomic E-state index is -0.497. The lowest BCUT2D eigenvalue weighted by atomic mass is 9.90. The molecule has 0 saturated carbocycles. The summed E-state index contributed by atoms with van der Waals surface area (Å²) in [6.07, 6.45) is 0.344. The molecule has 0 fully saturated rings. The maximum Gasteiger partial charge on any atom is 0.407 e. The SMILES string of the molecule is CC[C@@H](C)C(NC(=O)OCC(C)C)C(=O)C(C)C. The molecule has 0 rings (SSSR count). The topological polar surface area (TPSA) is 55.4 Å². The molecule has 1 N–H and O–H groups in total. The van der Waals surface area contributed by atoms with Crippen LogP contribution >= 0.6 is 0 Å². The highest BCUT2D eigenvalue weighted by Crippen LogP contribution is 2.13. The molecule has 4 heteroatoms. The average molecular weight is 257 g/mol. The Bertz CT molecular complexity index is 274. The predicted molar refractivity (Wildman–Crippen MR) is 72.4 cm³/mol. The van der Waals surface area contributed by atoms with E-state index in [2.05, 4.69) is 5.32 Å². The zero-order valence-corrected chi connectivity index (χ0v) is 12.4. The second kappa shape index (κ2) is 8.11. The van der Waals surface area contributed by atoms with Gasteiger partial charge >= 0.3 is 6.09 Å². The highest BCUT2D eigenvalue weighted by Gasteiger charge is 2.28. The number of rotatable bonds is 7. The van der Waals surface area contributed by atoms with Gasteiger partial charge < -0.3 is 10.1 Å². The van der Waals surface area contributed by atoms with Crippen molar-refractivity contribution in [1.29, 1.82) is 0 Å². The van der Waals surface area contributed by atoms with E-state index in [1.165, 1.54) is 0 Å². The first-order valence-electron chi connectivity index (χ1n) is 6.76. The maximum absolute atomic E-state index is 12.0. The van der Waals surface area contributed by atoms with Crippen LogP contribution < -0.4 is 5.32 Å². The van der Waals surface area contributed by atoms with Gasteiger partial charge in [-0.25, -0.2) is 4.79 Å². The molecule has 0 aliphatic rings. The highest BCUT2D eigenvalue weighted by molar-refractivity contribution is 5.89. The van der Waals surface area contributed by atoms with E-state index in [-0.39, 0.29) is 17.6 Å². The van der Waals surface area contributed by atoms with Gasteiger partial charge in [0.1, 0.15) is 0 Å². The van der Waals surface area contributed by atoms with E-state index in [0.29, 0.717) is 12.5 Å². The van der Waals surface area contributed by atoms with Crippen molar-refractivity contribution in [3.8, 4) is 0 Å². The predicted octanol–water partition coefficient (Wildman–Crippen LogP) is 3.01. The van der Waals surface area contributed by atoms with E-state index in [1.807, 2.05) is 41.5 Å². The van der Waals surface area contributed by atoms with Crippen molar-refractivity contribution in [3.63, 3.8) is 0 Å². The fourth-order valence-electron chi connectivity index (χ4n) is 1.50. The summed E-state index contributed by atoms with van der Waals surface area (Å²) in [5.41, 5.74) is 0. The number of nitrogens with one attached hydrogen (secondary N) is 1. The van der Waals surface area contributed by atoms with Crippen molar-refractivity contribution >= 4 is 11.9 Å². The number of alkyl carbamates (subject to hydrolysis) is 1. The van der Waals surface area contributed by atoms with Crippen molar-refractivity contribution in [1.82, 2.24) is 5.32 Å². The van der Waals surface area contributed by atoms with Gasteiger partial charge in [-0.1, -0.05) is 48.0 Å². The van der Waals surface area contributed by atoms with Crippen LogP contribution in [0.25, 0.3) is 0 Å². The van der Waals surface area contributed by atoms with E-state index in [9.17, 15) is 9.59 Å². The van der Waals surface area contributed by atoms with Gasteiger partial charge in [0.05, 0.1) is 12.6 Å². The molecule has 2 atom stereocenters. The third-order valence-corrected chi connectivity index (χ3v) is 2.91. The van der Waals surface area contributed by atoms with E-state index in [1.54, 1.807) is 0 Å². The summed E-state index contributed by atoms with van der Waals surface area (Å²) in [4.78, 5) is 23.7. The van der Waals surface area contributed by atoms with Crippen LogP contribution in [0.2, 0.25) is 0 Å². The zero-order chi connectivity index (χ0) is 14.3. The van der Waals surface area contributed by atoms with Crippen molar-refractivity contribution in [2.45, 2.75) is 54.0 Å². The normalized spacial score (nSPS) is 14.4. The number of Topliss-reactive ketones (excluding diaryl/α,β-unsaturated/α-hetero) is 1. The first-order valence-corrected chi connectivity index (χ1v) is 6.76. The summed E-state index contributed by atoms with van der Waals surface area (Å²) < 4.78 is 5.06. The Morgan fingerprint density at radius 2 is 1.67 bits per heavy atom. The van der Waals surface area contributed by atoms with Gasteiger partial charge in [0.15, 0.2) is 5.78 Å². The van der Waals surface area contributed by atoms with E-state index >= 15 is 0 Å². The average Bonchev–Trinajstić information content (AvgIpc) is 2.31. The van der Waals surface area contributed by atoms with Crippen LogP contribution in [-0.4, -0.2) is 24.5 Å². The fraction of sp³-hybridized carbons (Fsp3) is 0.857. The Morgan fingerprint density at radius 3 is 2.06 bits per heavy atom. The fourth-order valence-corrected chi connectivity index (χ4v) is 1.50. The smallest absolute Gasteiger partial charge is 0.407 e. The van der Waals surface area contributed by atoms with Gasteiger partial charge in [0.2, 0.25) is 0 Å². The van der Waals surface area contributed by atoms with Crippen LogP contribution in [-0.2, 0) is 9.53 Å². The van der Waals surface area contributed by atoms with Crippen molar-refractivity contribution in [3.05, 3.63) is 0 Å². The Balaban J connectivity index is 4.50. The first kappa shape index (κ1) is 16.9. The maximum atomic E-state index is 12.0. The molecule has 4 nitrogen and oxygen atoms in total. The summed E-state index contributed by atoms with van der Waals surface area (Å²) in [5, 5.41) is 2.69. The summed E-state index contributed by atoms with van der Waals surface area (Å²) >= 11 is 0. The van der Waals surface area contributed by atoms with Crippen LogP contribution in [0.3, 0.4) is 0 Å². The van der Waals surface area contributed by atoms with Crippen LogP contribution in [0.5, 0.6) is 0 Å². The van der Waals surface area contributed by atoms with E-state index < -0.39 is 12.1 Å². The number of ether oxygens (including phenoxy) is 1. The highest BCUT2D eigenvalue weighted by atomic mass is 16.5. The molecular weight excluding hydrogens is 230 g/mol. The lowest BCUT2D eigenvalue weighted by Gasteiger charge is -2.24. The van der Waals surface area contributed by atoms with Crippen molar-refractivity contribution < 1.29 is 14.3 Å². The second-order valence-corrected chi connectivity index (χ2v) is 5.56. The van der Waals surface area contributed by atoms with Gasteiger partial charge in [0, 0.05) is 5.92 Å². The number of amides is 1. The largest absolute Gasteiger partial charge is 0.449 e. The number of carbonyl (C=O) groups excluding carboxylic acids is 2. The van der Waals surface area contributed by atoms with Crippen LogP contribution in [0.4, 0.5) is 4.79 Å². The molecule has 1 amide bonds. The Labute approximate surface area is 110 Å². The Morgan fingerprint density at radius 1 is 1.11 bits per heavy atom. The Kier molecular flexibility index (Phi) is 7.64. The molecule has 0 aromatic carbocycles. The molecule has 0 aromatic rings. The third-order valence-electron chi connectivity index (χ3n) is 2.91. The molecule has 0 spiro atoms. The number of hydrogen-bond acceptors (Lipinski definition) is 3. The molecule has 106 valence electrons. The van der Waals surface area contributed by atoms with Crippen LogP contribution in [0, 0.1) is 17.8 Å². The molecule has 0 radical (unpaired) electrons. The molecule has 0 heterocycles. The second-order valence-electron chi connectivity index (χ2n) is 5.56. The van der Waals surface area contributed by atoms with Gasteiger partial charge in [-0.2, -0.15) is 0 Å². The minimum absolute atomic E-state index is 0.0610. The quantitative estimate of drug-likeness (QED) is 0.762. The monoisotopic (exact) mass is 257 g/mol. The third kappa shape index (κ3) is 6.03. The summed E-state index contributed by atoms with van der Waals surface area (Å²) in [7, 11) is 0. The molecule has 0 aromatic heterocycles. The summed E-state index contributed by atoms with van der Waals surface area (Å²) in [6.45, 7) is 12.0. The summed E-state index contributed by atoms with van der Waals surface area (Å²) in [5.74, 6) is 0.380. The van der Waals surface area contributed by atoms with Crippen molar-refractivity contribution in [2.75, 3.05) is 6.61 Å². The lowest BCUT2D eigenvalue weighted by Crippen LogP contribution is -2.47. The van der Waals surface area contributed by atoms with Gasteiger partial charge in [-0.3, -0.25) is 4.79 Å². The van der Waals surface area contributed by atoms with Crippen molar-refractivity contribution in [2.24, 2.45) is 17.8 Å². The number of carbonyl (C=O) groups is 2. The van der Waals surface area contributed by atoms with Gasteiger partial charge in [-0.15, -0.1) is 0 Å². The Hall–Kier alpha value is -1.06. The molecule has 0 bridgehead atoms. The van der Waals surface area contributed by atoms with Crippen LogP contribution in [0.15, 0.2) is 0 Å². The first-order chi connectivity index (χ1) is 8.29. The molecule has 0 saturated heterocycles. The van der Waals surface area contributed by atoms with Gasteiger partial charge in [-0.05, 0) is 11.8 Å². The number of ketones is 1.